The second-order valence-corrected chi connectivity index (χ2v) is 18.8. The van der Waals surface area contributed by atoms with Gasteiger partial charge in [-0.1, -0.05) is 83.6 Å². The molecule has 2 heterocycles. The Kier molecular flexibility index (Phi) is 12.9. The quantitative estimate of drug-likeness (QED) is 0.161. The first-order valence-corrected chi connectivity index (χ1v) is 17.6. The minimum atomic E-state index is -0.213. The summed E-state index contributed by atoms with van der Waals surface area (Å²) in [7, 11) is 3.29. The van der Waals surface area contributed by atoms with Crippen molar-refractivity contribution in [2.24, 2.45) is 11.8 Å². The largest absolute Gasteiger partial charge is 0.748 e. The van der Waals surface area contributed by atoms with E-state index in [0.29, 0.717) is 22.1 Å². The maximum atomic E-state index is 3.77. The van der Waals surface area contributed by atoms with Crippen molar-refractivity contribution in [3.8, 4) is 11.1 Å². The molecule has 3 aromatic carbocycles. The van der Waals surface area contributed by atoms with Gasteiger partial charge in [-0.25, -0.2) is 6.07 Å². The molecular formula is C36H54FeN2P2-6. The van der Waals surface area contributed by atoms with Crippen molar-refractivity contribution < 1.29 is 17.1 Å². The van der Waals surface area contributed by atoms with Crippen LogP contribution < -0.4 is 10.6 Å². The standard InChI is InChI=1S/C31H49N2P2.C5H5.Fe/c1-29(2,3)35(30(4,5)6)22-25-18-24(23-12-8-7-9-13-23)19-28(25)31(34,26-14-10-16-32-20-26)27-15-11-17-33-21-27;1-2-4-5-3-1;/h7-9,12-13,18-19,26-27,32-33H,10-11,14-17,20-22,34H2,1-6H3;1-5H;/q-1;-5;. The van der Waals surface area contributed by atoms with Gasteiger partial charge in [0, 0.05) is 17.1 Å². The molecular weight excluding hydrogens is 578 g/mol. The van der Waals surface area contributed by atoms with Gasteiger partial charge in [0.05, 0.1) is 0 Å². The van der Waals surface area contributed by atoms with Crippen LogP contribution in [-0.4, -0.2) is 36.5 Å². The second-order valence-electron chi connectivity index (χ2n) is 14.0. The van der Waals surface area contributed by atoms with E-state index in [9.17, 15) is 0 Å². The third-order valence-corrected chi connectivity index (χ3v) is 14.1. The summed E-state index contributed by atoms with van der Waals surface area (Å²) in [4.78, 5) is 0. The van der Waals surface area contributed by atoms with Gasteiger partial charge in [-0.05, 0) is 79.2 Å². The Bertz CT molecular complexity index is 1080. The molecule has 2 N–H and O–H groups in total. The zero-order chi connectivity index (χ0) is 28.8. The maximum Gasteiger partial charge on any atom is 0 e. The summed E-state index contributed by atoms with van der Waals surface area (Å²) >= 11 is 0. The van der Waals surface area contributed by atoms with Crippen LogP contribution in [0, 0.1) is 11.8 Å². The Morgan fingerprint density at radius 2 is 1.29 bits per heavy atom. The Morgan fingerprint density at radius 1 is 0.805 bits per heavy atom. The molecule has 0 amide bonds. The van der Waals surface area contributed by atoms with Gasteiger partial charge in [0.1, 0.15) is 0 Å². The predicted molar refractivity (Wildman–Crippen MR) is 182 cm³/mol. The molecule has 2 aliphatic rings. The van der Waals surface area contributed by atoms with Crippen LogP contribution in [0.25, 0.3) is 11.1 Å². The second kappa shape index (κ2) is 15.3. The van der Waals surface area contributed by atoms with Crippen LogP contribution in [0.4, 0.5) is 0 Å². The monoisotopic (exact) mass is 632 g/mol. The van der Waals surface area contributed by atoms with Gasteiger partial charge < -0.3 is 41.0 Å². The molecule has 0 saturated carbocycles. The Morgan fingerprint density at radius 3 is 1.71 bits per heavy atom. The van der Waals surface area contributed by atoms with E-state index in [2.05, 4.69) is 104 Å². The van der Waals surface area contributed by atoms with Gasteiger partial charge in [0.15, 0.2) is 0 Å². The minimum Gasteiger partial charge on any atom is -0.748 e. The average Bonchev–Trinajstić information content (AvgIpc) is 3.66. The molecule has 0 aliphatic carbocycles. The molecule has 0 aromatic heterocycles. The van der Waals surface area contributed by atoms with E-state index in [0.717, 1.165) is 13.1 Å². The molecule has 5 heteroatoms. The fourth-order valence-corrected chi connectivity index (χ4v) is 11.6. The third-order valence-electron chi connectivity index (χ3n) is 9.00. The molecule has 232 valence electrons. The van der Waals surface area contributed by atoms with Gasteiger partial charge in [0.25, 0.3) is 0 Å². The molecule has 2 fully saturated rings. The van der Waals surface area contributed by atoms with Crippen LogP contribution >= 0.6 is 17.2 Å². The maximum absolute atomic E-state index is 3.77. The van der Waals surface area contributed by atoms with Crippen molar-refractivity contribution in [3.63, 3.8) is 0 Å². The summed E-state index contributed by atoms with van der Waals surface area (Å²) in [5.41, 5.74) is 6.01. The zero-order valence-electron chi connectivity index (χ0n) is 26.3. The zero-order valence-corrected chi connectivity index (χ0v) is 29.5. The summed E-state index contributed by atoms with van der Waals surface area (Å²) in [5, 5.41) is 8.28. The molecule has 2 aliphatic heterocycles. The van der Waals surface area contributed by atoms with Crippen molar-refractivity contribution in [3.05, 3.63) is 83.9 Å². The van der Waals surface area contributed by atoms with E-state index in [1.807, 2.05) is 30.3 Å². The summed E-state index contributed by atoms with van der Waals surface area (Å²) < 4.78 is 0. The number of rotatable bonds is 6. The van der Waals surface area contributed by atoms with Crippen molar-refractivity contribution in [2.45, 2.75) is 88.9 Å². The number of piperidine rings is 2. The first kappa shape index (κ1) is 34.7. The molecule has 0 radical (unpaired) electrons. The normalized spacial score (nSPS) is 21.4. The number of nitrogens with one attached hydrogen (secondary N) is 2. The van der Waals surface area contributed by atoms with Crippen molar-refractivity contribution >= 4 is 17.2 Å². The minimum absolute atomic E-state index is 0. The molecule has 5 rings (SSSR count). The molecule has 0 bridgehead atoms. The molecule has 3 atom stereocenters. The van der Waals surface area contributed by atoms with Crippen LogP contribution in [0.3, 0.4) is 0 Å². The summed E-state index contributed by atoms with van der Waals surface area (Å²) in [6, 6.07) is 26.2. The SMILES string of the molecule is CC(C)(C)P(C[c-]1cc(-c2ccccc2)cc1C(P)(C1CCCNC1)C1CCCNC1)C(C)(C)C.[Fe].[cH-]1[cH-][cH-][cH-][cH-]1. The Labute approximate surface area is 265 Å². The van der Waals surface area contributed by atoms with Crippen molar-refractivity contribution in [2.75, 3.05) is 26.2 Å². The molecule has 2 nitrogen and oxygen atoms in total. The number of hydrogen-bond acceptors (Lipinski definition) is 2. The summed E-state index contributed by atoms with van der Waals surface area (Å²) in [5.74, 6) is 1.32. The topological polar surface area (TPSA) is 24.1 Å². The summed E-state index contributed by atoms with van der Waals surface area (Å²) in [6.07, 6.45) is 6.44. The fourth-order valence-electron chi connectivity index (χ4n) is 7.15. The fraction of sp³-hybridized carbons (Fsp3) is 0.556. The number of benzene rings is 1. The number of hydrogen-bond donors (Lipinski definition) is 2. The Balaban J connectivity index is 0.000000696. The van der Waals surface area contributed by atoms with Gasteiger partial charge in [-0.3, -0.25) is 0 Å². The van der Waals surface area contributed by atoms with Gasteiger partial charge in [-0.2, -0.15) is 17.2 Å². The average molecular weight is 633 g/mol. The first-order valence-electron chi connectivity index (χ1n) is 15.5. The van der Waals surface area contributed by atoms with E-state index >= 15 is 0 Å². The van der Waals surface area contributed by atoms with E-state index in [4.69, 9.17) is 0 Å². The van der Waals surface area contributed by atoms with Crippen molar-refractivity contribution in [1.29, 1.82) is 0 Å². The third kappa shape index (κ3) is 8.88. The van der Waals surface area contributed by atoms with Crippen LogP contribution in [0.15, 0.2) is 72.8 Å². The van der Waals surface area contributed by atoms with Gasteiger partial charge in [0.2, 0.25) is 0 Å². The molecule has 3 aromatic rings. The predicted octanol–water partition coefficient (Wildman–Crippen LogP) is 9.12. The van der Waals surface area contributed by atoms with E-state index in [1.165, 1.54) is 56.1 Å². The van der Waals surface area contributed by atoms with E-state index in [1.54, 1.807) is 11.1 Å². The Hall–Kier alpha value is -0.781. The van der Waals surface area contributed by atoms with Crippen LogP contribution in [0.5, 0.6) is 0 Å². The van der Waals surface area contributed by atoms with Gasteiger partial charge in [-0.15, -0.1) is 22.7 Å². The van der Waals surface area contributed by atoms with Gasteiger partial charge >= 0.3 is 0 Å². The molecule has 3 unspecified atom stereocenters. The van der Waals surface area contributed by atoms with Crippen LogP contribution in [0.1, 0.15) is 78.4 Å². The smallest absolute Gasteiger partial charge is 0 e. The molecule has 0 spiro atoms. The van der Waals surface area contributed by atoms with E-state index in [-0.39, 0.29) is 30.1 Å². The summed E-state index contributed by atoms with van der Waals surface area (Å²) in [6.45, 7) is 19.4. The van der Waals surface area contributed by atoms with Crippen molar-refractivity contribution in [1.82, 2.24) is 10.6 Å². The molecule has 41 heavy (non-hydrogen) atoms. The van der Waals surface area contributed by atoms with Crippen LogP contribution in [-0.2, 0) is 28.4 Å². The van der Waals surface area contributed by atoms with E-state index < -0.39 is 0 Å². The molecule has 2 saturated heterocycles. The first-order chi connectivity index (χ1) is 19.0. The van der Waals surface area contributed by atoms with Crippen LogP contribution in [0.2, 0.25) is 0 Å².